The van der Waals surface area contributed by atoms with Crippen LogP contribution in [0.1, 0.15) is 68.6 Å². The highest BCUT2D eigenvalue weighted by atomic mass is 32.2. The van der Waals surface area contributed by atoms with Crippen LogP contribution in [0.5, 0.6) is 0 Å². The first kappa shape index (κ1) is 19.0. The van der Waals surface area contributed by atoms with Crippen molar-refractivity contribution in [2.75, 3.05) is 12.4 Å². The molecule has 4 aliphatic carbocycles. The predicted molar refractivity (Wildman–Crippen MR) is 114 cm³/mol. The number of nitrogens with one attached hydrogen (secondary N) is 1. The summed E-state index contributed by atoms with van der Waals surface area (Å²) in [6, 6.07) is 8.37. The van der Waals surface area contributed by atoms with E-state index in [4.69, 9.17) is 4.74 Å². The topological polar surface area (TPSA) is 38.3 Å². The molecule has 1 heterocycles. The summed E-state index contributed by atoms with van der Waals surface area (Å²) in [4.78, 5) is 14.3. The van der Waals surface area contributed by atoms with Gasteiger partial charge in [0.05, 0.1) is 11.7 Å². The van der Waals surface area contributed by atoms with Gasteiger partial charge in [0.1, 0.15) is 0 Å². The van der Waals surface area contributed by atoms with Crippen molar-refractivity contribution in [1.29, 1.82) is 0 Å². The molecule has 1 aromatic rings. The second-order valence-electron chi connectivity index (χ2n) is 9.92. The van der Waals surface area contributed by atoms with E-state index < -0.39 is 0 Å². The van der Waals surface area contributed by atoms with E-state index in [0.717, 1.165) is 53.4 Å². The third-order valence-electron chi connectivity index (χ3n) is 7.93. The van der Waals surface area contributed by atoms with Crippen molar-refractivity contribution < 1.29 is 9.53 Å². The van der Waals surface area contributed by atoms with Gasteiger partial charge in [0.25, 0.3) is 5.91 Å². The van der Waals surface area contributed by atoms with Crippen LogP contribution in [0.3, 0.4) is 0 Å². The summed E-state index contributed by atoms with van der Waals surface area (Å²) in [7, 11) is 0. The lowest BCUT2D eigenvalue weighted by Gasteiger charge is -2.59. The molecule has 4 heteroatoms. The van der Waals surface area contributed by atoms with E-state index in [1.165, 1.54) is 38.5 Å². The van der Waals surface area contributed by atoms with Gasteiger partial charge in [-0.3, -0.25) is 4.79 Å². The largest absolute Gasteiger partial charge is 0.377 e. The molecule has 4 saturated carbocycles. The lowest BCUT2D eigenvalue weighted by molar-refractivity contribution is -0.0688. The van der Waals surface area contributed by atoms with Crippen molar-refractivity contribution in [3.63, 3.8) is 0 Å². The molecule has 1 aliphatic heterocycles. The Morgan fingerprint density at radius 3 is 2.50 bits per heavy atom. The molecule has 4 bridgehead atoms. The van der Waals surface area contributed by atoms with Gasteiger partial charge in [0.2, 0.25) is 0 Å². The molecule has 0 unspecified atom stereocenters. The van der Waals surface area contributed by atoms with Gasteiger partial charge < -0.3 is 10.1 Å². The van der Waals surface area contributed by atoms with Crippen molar-refractivity contribution in [3.05, 3.63) is 29.8 Å². The molecule has 1 amide bonds. The molecule has 5 aliphatic rings. The minimum atomic E-state index is 0.110. The van der Waals surface area contributed by atoms with Gasteiger partial charge in [-0.2, -0.15) is 0 Å². The molecule has 1 N–H and O–H groups in total. The van der Waals surface area contributed by atoms with E-state index in [0.29, 0.717) is 11.5 Å². The van der Waals surface area contributed by atoms with E-state index >= 15 is 0 Å². The number of rotatable bonds is 6. The first-order valence-corrected chi connectivity index (χ1v) is 12.2. The van der Waals surface area contributed by atoms with Crippen LogP contribution in [0.2, 0.25) is 0 Å². The zero-order valence-corrected chi connectivity index (χ0v) is 17.8. The Balaban J connectivity index is 1.26. The number of hydrogen-bond acceptors (Lipinski definition) is 3. The van der Waals surface area contributed by atoms with Gasteiger partial charge in [0.15, 0.2) is 0 Å². The van der Waals surface area contributed by atoms with Crippen molar-refractivity contribution in [2.45, 2.75) is 75.3 Å². The molecule has 3 nitrogen and oxygen atoms in total. The van der Waals surface area contributed by atoms with Crippen LogP contribution >= 0.6 is 11.8 Å². The van der Waals surface area contributed by atoms with Gasteiger partial charge in [-0.15, -0.1) is 11.8 Å². The Morgan fingerprint density at radius 2 is 1.86 bits per heavy atom. The first-order valence-electron chi connectivity index (χ1n) is 11.3. The maximum atomic E-state index is 13.2. The van der Waals surface area contributed by atoms with Gasteiger partial charge in [-0.1, -0.05) is 12.1 Å². The van der Waals surface area contributed by atoms with Crippen molar-refractivity contribution in [3.8, 4) is 0 Å². The van der Waals surface area contributed by atoms with Crippen LogP contribution in [0, 0.1) is 23.2 Å². The van der Waals surface area contributed by atoms with E-state index in [1.807, 2.05) is 18.2 Å². The van der Waals surface area contributed by atoms with Crippen LogP contribution in [0.4, 0.5) is 0 Å². The zero-order valence-electron chi connectivity index (χ0n) is 17.0. The number of hydrogen-bond donors (Lipinski definition) is 1. The number of ether oxygens (including phenoxy) is 1. The Labute approximate surface area is 173 Å². The van der Waals surface area contributed by atoms with Gasteiger partial charge >= 0.3 is 0 Å². The summed E-state index contributed by atoms with van der Waals surface area (Å²) in [6.45, 7) is 3.16. The number of thioether (sulfide) groups is 1. The van der Waals surface area contributed by atoms with Crippen LogP contribution < -0.4 is 5.32 Å². The van der Waals surface area contributed by atoms with E-state index in [-0.39, 0.29) is 11.9 Å². The SMILES string of the molecule is C[C@@H](NC(=O)c1ccccc1SC[C@H]1CCCO1)C12CC3CC(CC(C3)C1)C2. The van der Waals surface area contributed by atoms with E-state index in [1.54, 1.807) is 11.8 Å². The minimum Gasteiger partial charge on any atom is -0.377 e. The highest BCUT2D eigenvalue weighted by Gasteiger charge is 2.53. The molecular weight excluding hydrogens is 366 g/mol. The summed E-state index contributed by atoms with van der Waals surface area (Å²) in [5.41, 5.74) is 1.19. The average molecular weight is 400 g/mol. The second-order valence-corrected chi connectivity index (χ2v) is 11.0. The average Bonchev–Trinajstić information content (AvgIpc) is 3.19. The van der Waals surface area contributed by atoms with E-state index in [9.17, 15) is 4.79 Å². The fourth-order valence-electron chi connectivity index (χ4n) is 6.87. The maximum Gasteiger partial charge on any atom is 0.252 e. The molecule has 5 fully saturated rings. The maximum absolute atomic E-state index is 13.2. The Morgan fingerprint density at radius 1 is 1.18 bits per heavy atom. The lowest BCUT2D eigenvalue weighted by atomic mass is 9.48. The Bertz CT molecular complexity index is 692. The number of carbonyl (C=O) groups is 1. The number of carbonyl (C=O) groups excluding carboxylic acids is 1. The zero-order chi connectivity index (χ0) is 19.1. The van der Waals surface area contributed by atoms with E-state index in [2.05, 4.69) is 18.3 Å². The van der Waals surface area contributed by atoms with Crippen LogP contribution in [0.25, 0.3) is 0 Å². The summed E-state index contributed by atoms with van der Waals surface area (Å²) in [6.07, 6.45) is 11.0. The molecule has 0 aromatic heterocycles. The molecule has 0 radical (unpaired) electrons. The minimum absolute atomic E-state index is 0.110. The monoisotopic (exact) mass is 399 g/mol. The van der Waals surface area contributed by atoms with Gasteiger partial charge in [0, 0.05) is 23.3 Å². The molecule has 152 valence electrons. The molecule has 6 rings (SSSR count). The molecule has 1 aromatic carbocycles. The number of amides is 1. The predicted octanol–water partition coefficient (Wildman–Crippen LogP) is 5.29. The summed E-state index contributed by atoms with van der Waals surface area (Å²) in [5, 5.41) is 3.44. The van der Waals surface area contributed by atoms with Crippen LogP contribution in [-0.4, -0.2) is 30.4 Å². The van der Waals surface area contributed by atoms with Crippen molar-refractivity contribution >= 4 is 17.7 Å². The molecule has 1 saturated heterocycles. The van der Waals surface area contributed by atoms with Crippen molar-refractivity contribution in [2.24, 2.45) is 23.2 Å². The third-order valence-corrected chi connectivity index (χ3v) is 9.14. The highest BCUT2D eigenvalue weighted by molar-refractivity contribution is 7.99. The molecule has 2 atom stereocenters. The lowest BCUT2D eigenvalue weighted by Crippen LogP contribution is -2.55. The normalized spacial score (nSPS) is 37.2. The summed E-state index contributed by atoms with van der Waals surface area (Å²) in [5.74, 6) is 3.80. The highest BCUT2D eigenvalue weighted by Crippen LogP contribution is 2.61. The van der Waals surface area contributed by atoms with Crippen molar-refractivity contribution in [1.82, 2.24) is 5.32 Å². The number of benzene rings is 1. The Hall–Kier alpha value is -1.00. The van der Waals surface area contributed by atoms with Crippen LogP contribution in [0.15, 0.2) is 29.2 Å². The summed E-state index contributed by atoms with van der Waals surface area (Å²) < 4.78 is 5.76. The fraction of sp³-hybridized carbons (Fsp3) is 0.708. The quantitative estimate of drug-likeness (QED) is 0.660. The second kappa shape index (κ2) is 7.68. The summed E-state index contributed by atoms with van der Waals surface area (Å²) >= 11 is 1.77. The van der Waals surface area contributed by atoms with Gasteiger partial charge in [-0.05, 0) is 93.6 Å². The molecular formula is C24H33NO2S. The molecule has 0 spiro atoms. The van der Waals surface area contributed by atoms with Gasteiger partial charge in [-0.25, -0.2) is 0 Å². The smallest absolute Gasteiger partial charge is 0.252 e. The third kappa shape index (κ3) is 3.63. The Kier molecular flexibility index (Phi) is 5.21. The molecule has 28 heavy (non-hydrogen) atoms. The standard InChI is InChI=1S/C24H33NO2S/c1-16(24-12-17-9-18(13-24)11-19(10-17)14-24)25-23(26)21-6-2-3-7-22(21)28-15-20-5-4-8-27-20/h2-3,6-7,16-20H,4-5,8-15H2,1H3,(H,25,26)/t16-,17?,18?,19?,20-,24?/m1/s1. The van der Waals surface area contributed by atoms with Crippen LogP contribution in [-0.2, 0) is 4.74 Å². The first-order chi connectivity index (χ1) is 13.6. The fourth-order valence-corrected chi connectivity index (χ4v) is 7.99.